The summed E-state index contributed by atoms with van der Waals surface area (Å²) in [4.78, 5) is 10.7. The minimum atomic E-state index is -1.07. The van der Waals surface area contributed by atoms with Crippen LogP contribution in [0.5, 0.6) is 0 Å². The van der Waals surface area contributed by atoms with E-state index in [1.54, 1.807) is 12.1 Å². The number of carboxylic acids is 1. The van der Waals surface area contributed by atoms with E-state index in [4.69, 9.17) is 22.0 Å². The fourth-order valence-corrected chi connectivity index (χ4v) is 1.53. The van der Waals surface area contributed by atoms with Crippen molar-refractivity contribution in [1.82, 2.24) is 9.78 Å². The Balaban J connectivity index is 2.53. The fraction of sp³-hybridized carbons (Fsp3) is 0. The third kappa shape index (κ3) is 2.12. The van der Waals surface area contributed by atoms with Gasteiger partial charge in [0.2, 0.25) is 0 Å². The molecule has 1 aromatic heterocycles. The van der Waals surface area contributed by atoms with E-state index < -0.39 is 5.97 Å². The summed E-state index contributed by atoms with van der Waals surface area (Å²) >= 11 is 5.76. The smallest absolute Gasteiger partial charge is 0.338 e. The normalized spacial score (nSPS) is 9.88. The number of nitrogens with zero attached hydrogens (tertiary/aromatic N) is 3. The molecular weight excluding hydrogens is 242 g/mol. The average Bonchev–Trinajstić information content (AvgIpc) is 2.78. The summed E-state index contributed by atoms with van der Waals surface area (Å²) in [6.45, 7) is 0. The van der Waals surface area contributed by atoms with Gasteiger partial charge in [-0.25, -0.2) is 9.48 Å². The monoisotopic (exact) mass is 247 g/mol. The molecule has 1 heterocycles. The van der Waals surface area contributed by atoms with Crippen LogP contribution in [0.15, 0.2) is 30.6 Å². The highest BCUT2D eigenvalue weighted by Crippen LogP contribution is 2.18. The number of rotatable bonds is 2. The van der Waals surface area contributed by atoms with Gasteiger partial charge in [0.1, 0.15) is 6.07 Å². The molecule has 0 radical (unpaired) electrons. The molecule has 1 aromatic carbocycles. The number of hydrogen-bond acceptors (Lipinski definition) is 3. The first kappa shape index (κ1) is 11.2. The predicted molar refractivity (Wildman–Crippen MR) is 60.2 cm³/mol. The molecule has 17 heavy (non-hydrogen) atoms. The van der Waals surface area contributed by atoms with Gasteiger partial charge in [-0.15, -0.1) is 0 Å². The summed E-state index contributed by atoms with van der Waals surface area (Å²) in [6, 6.07) is 6.70. The van der Waals surface area contributed by atoms with Crippen molar-refractivity contribution in [2.45, 2.75) is 0 Å². The van der Waals surface area contributed by atoms with E-state index in [2.05, 4.69) is 5.10 Å². The highest BCUT2D eigenvalue weighted by molar-refractivity contribution is 6.30. The summed E-state index contributed by atoms with van der Waals surface area (Å²) < 4.78 is 1.33. The van der Waals surface area contributed by atoms with Crippen LogP contribution in [-0.4, -0.2) is 20.9 Å². The van der Waals surface area contributed by atoms with Gasteiger partial charge >= 0.3 is 5.97 Å². The Morgan fingerprint density at radius 2 is 2.29 bits per heavy atom. The minimum absolute atomic E-state index is 0.0591. The maximum atomic E-state index is 10.7. The first-order valence-corrected chi connectivity index (χ1v) is 4.97. The quantitative estimate of drug-likeness (QED) is 0.881. The number of benzene rings is 1. The molecule has 0 saturated heterocycles. The van der Waals surface area contributed by atoms with Crippen LogP contribution < -0.4 is 0 Å². The zero-order valence-electron chi connectivity index (χ0n) is 8.46. The van der Waals surface area contributed by atoms with Crippen LogP contribution in [0.25, 0.3) is 5.69 Å². The Morgan fingerprint density at radius 3 is 2.88 bits per heavy atom. The molecule has 2 aromatic rings. The number of halogens is 1. The molecule has 0 bridgehead atoms. The second kappa shape index (κ2) is 4.28. The lowest BCUT2D eigenvalue weighted by Crippen LogP contribution is -1.98. The molecule has 84 valence electrons. The van der Waals surface area contributed by atoms with Crippen LogP contribution >= 0.6 is 11.6 Å². The third-order valence-corrected chi connectivity index (χ3v) is 2.39. The molecule has 0 aliphatic heterocycles. The van der Waals surface area contributed by atoms with Gasteiger partial charge in [-0.05, 0) is 18.2 Å². The molecule has 0 atom stereocenters. The van der Waals surface area contributed by atoms with Crippen LogP contribution in [0, 0.1) is 11.3 Å². The summed E-state index contributed by atoms with van der Waals surface area (Å²) in [5.41, 5.74) is 0.880. The Bertz CT molecular complexity index is 628. The lowest BCUT2D eigenvalue weighted by atomic mass is 10.2. The molecular formula is C11H6ClN3O2. The topological polar surface area (TPSA) is 78.9 Å². The van der Waals surface area contributed by atoms with Crippen molar-refractivity contribution in [1.29, 1.82) is 5.26 Å². The van der Waals surface area contributed by atoms with E-state index in [0.717, 1.165) is 0 Å². The van der Waals surface area contributed by atoms with E-state index >= 15 is 0 Å². The average molecular weight is 248 g/mol. The van der Waals surface area contributed by atoms with Gasteiger partial charge in [0.15, 0.2) is 0 Å². The van der Waals surface area contributed by atoms with Crippen molar-refractivity contribution in [2.75, 3.05) is 0 Å². The highest BCUT2D eigenvalue weighted by atomic mass is 35.5. The lowest BCUT2D eigenvalue weighted by molar-refractivity contribution is 0.0697. The first-order valence-electron chi connectivity index (χ1n) is 4.60. The number of nitriles is 1. The summed E-state index contributed by atoms with van der Waals surface area (Å²) in [6.07, 6.45) is 2.56. The summed E-state index contributed by atoms with van der Waals surface area (Å²) in [5.74, 6) is -1.07. The van der Waals surface area contributed by atoms with Crippen LogP contribution in [-0.2, 0) is 0 Å². The van der Waals surface area contributed by atoms with E-state index in [1.165, 1.54) is 23.1 Å². The Kier molecular flexibility index (Phi) is 2.81. The molecule has 0 aliphatic rings. The Hall–Kier alpha value is -2.32. The van der Waals surface area contributed by atoms with Crippen molar-refractivity contribution in [3.8, 4) is 11.8 Å². The largest absolute Gasteiger partial charge is 0.478 e. The van der Waals surface area contributed by atoms with Gasteiger partial charge < -0.3 is 5.11 Å². The zero-order valence-corrected chi connectivity index (χ0v) is 9.22. The maximum absolute atomic E-state index is 10.7. The van der Waals surface area contributed by atoms with Crippen molar-refractivity contribution in [3.05, 3.63) is 46.7 Å². The molecule has 0 aliphatic carbocycles. The van der Waals surface area contributed by atoms with Crippen LogP contribution in [0.2, 0.25) is 5.02 Å². The predicted octanol–water partition coefficient (Wildman–Crippen LogP) is 2.10. The molecule has 0 unspecified atom stereocenters. The Labute approximate surface area is 101 Å². The first-order chi connectivity index (χ1) is 8.11. The van der Waals surface area contributed by atoms with E-state index in [1.807, 2.05) is 6.07 Å². The summed E-state index contributed by atoms with van der Waals surface area (Å²) in [7, 11) is 0. The van der Waals surface area contributed by atoms with Crippen molar-refractivity contribution in [3.63, 3.8) is 0 Å². The molecule has 0 fully saturated rings. The Morgan fingerprint density at radius 1 is 1.53 bits per heavy atom. The van der Waals surface area contributed by atoms with Gasteiger partial charge in [-0.3, -0.25) is 0 Å². The second-order valence-electron chi connectivity index (χ2n) is 3.25. The molecule has 0 amide bonds. The second-order valence-corrected chi connectivity index (χ2v) is 3.69. The zero-order chi connectivity index (χ0) is 12.4. The van der Waals surface area contributed by atoms with E-state index in [9.17, 15) is 4.79 Å². The third-order valence-electron chi connectivity index (χ3n) is 2.16. The van der Waals surface area contributed by atoms with E-state index in [-0.39, 0.29) is 5.56 Å². The standard InChI is InChI=1S/C11H6ClN3O2/c12-9-1-2-10(7(3-9)4-13)15-6-8(5-14-15)11(16)17/h1-3,5-6H,(H,16,17). The number of aromatic carboxylic acids is 1. The number of carbonyl (C=O) groups is 1. The van der Waals surface area contributed by atoms with Crippen molar-refractivity contribution in [2.24, 2.45) is 0 Å². The molecule has 6 heteroatoms. The SMILES string of the molecule is N#Cc1cc(Cl)ccc1-n1cc(C(=O)O)cn1. The van der Waals surface area contributed by atoms with E-state index in [0.29, 0.717) is 16.3 Å². The lowest BCUT2D eigenvalue weighted by Gasteiger charge is -2.03. The van der Waals surface area contributed by atoms with Gasteiger partial charge in [0.05, 0.1) is 23.0 Å². The molecule has 0 saturated carbocycles. The molecule has 2 rings (SSSR count). The molecule has 1 N–H and O–H groups in total. The van der Waals surface area contributed by atoms with Crippen LogP contribution in [0.1, 0.15) is 15.9 Å². The van der Waals surface area contributed by atoms with Gasteiger partial charge in [0, 0.05) is 11.2 Å². The minimum Gasteiger partial charge on any atom is -0.478 e. The number of carboxylic acid groups (broad SMARTS) is 1. The number of hydrogen-bond donors (Lipinski definition) is 1. The maximum Gasteiger partial charge on any atom is 0.338 e. The summed E-state index contributed by atoms with van der Waals surface area (Å²) in [5, 5.41) is 22.1. The van der Waals surface area contributed by atoms with Gasteiger partial charge in [0.25, 0.3) is 0 Å². The van der Waals surface area contributed by atoms with Crippen LogP contribution in [0.3, 0.4) is 0 Å². The van der Waals surface area contributed by atoms with Gasteiger partial charge in [-0.2, -0.15) is 10.4 Å². The van der Waals surface area contributed by atoms with Crippen molar-refractivity contribution < 1.29 is 9.90 Å². The van der Waals surface area contributed by atoms with Crippen molar-refractivity contribution >= 4 is 17.6 Å². The fourth-order valence-electron chi connectivity index (χ4n) is 1.36. The van der Waals surface area contributed by atoms with Crippen LogP contribution in [0.4, 0.5) is 0 Å². The number of aromatic nitrogens is 2. The molecule has 5 nitrogen and oxygen atoms in total. The van der Waals surface area contributed by atoms with Gasteiger partial charge in [-0.1, -0.05) is 11.6 Å². The highest BCUT2D eigenvalue weighted by Gasteiger charge is 2.10. The molecule has 0 spiro atoms.